The zero-order valence-electron chi connectivity index (χ0n) is 11.2. The molecule has 1 aromatic heterocycles. The maximum Gasteiger partial charge on any atom is 0.330 e. The normalized spacial score (nSPS) is 12.1. The molecule has 0 aliphatic rings. The van der Waals surface area contributed by atoms with Crippen LogP contribution in [0.4, 0.5) is 0 Å². The molecule has 0 unspecified atom stereocenters. The van der Waals surface area contributed by atoms with Gasteiger partial charge < -0.3 is 19.6 Å². The van der Waals surface area contributed by atoms with E-state index in [2.05, 4.69) is 15.0 Å². The molecule has 2 aromatic rings. The molecule has 1 atom stereocenters. The van der Waals surface area contributed by atoms with Gasteiger partial charge in [-0.25, -0.2) is 9.78 Å². The maximum absolute atomic E-state index is 11.7. The predicted octanol–water partition coefficient (Wildman–Crippen LogP) is 0.570. The number of rotatable bonds is 6. The third-order valence-corrected chi connectivity index (χ3v) is 3.43. The first kappa shape index (κ1) is 15.3. The van der Waals surface area contributed by atoms with Crippen LogP contribution in [0.2, 0.25) is 0 Å². The minimum absolute atomic E-state index is 0.0142. The van der Waals surface area contributed by atoms with Gasteiger partial charge in [0.15, 0.2) is 11.6 Å². The van der Waals surface area contributed by atoms with Crippen molar-refractivity contribution in [3.8, 4) is 0 Å². The predicted molar refractivity (Wildman–Crippen MR) is 75.8 cm³/mol. The minimum Gasteiger partial charge on any atom is -0.467 e. The summed E-state index contributed by atoms with van der Waals surface area (Å²) in [7, 11) is 1.18. The van der Waals surface area contributed by atoms with E-state index in [1.54, 1.807) is 6.07 Å². The summed E-state index contributed by atoms with van der Waals surface area (Å²) in [6, 6.07) is 6.20. The van der Waals surface area contributed by atoms with Gasteiger partial charge in [-0.2, -0.15) is 0 Å². The van der Waals surface area contributed by atoms with Crippen molar-refractivity contribution in [2.24, 2.45) is 0 Å². The summed E-state index contributed by atoms with van der Waals surface area (Å²) in [5.74, 6) is -1.11. The number of hydrogen-bond acceptors (Lipinski definition) is 7. The Bertz CT molecular complexity index is 609. The number of carbonyl (C=O) groups is 2. The van der Waals surface area contributed by atoms with Crippen LogP contribution < -0.4 is 5.32 Å². The molecule has 1 amide bonds. The van der Waals surface area contributed by atoms with Crippen molar-refractivity contribution < 1.29 is 23.8 Å². The lowest BCUT2D eigenvalue weighted by Crippen LogP contribution is -2.44. The standard InChI is InChI=1S/C13H14N2O5S/c1-19-12(18)9(6-16)14-11(17)7-21-13-15-8-4-2-3-5-10(8)20-13/h2-5,9,16H,6-7H2,1H3,(H,14,17)/t9-/m1/s1. The topological polar surface area (TPSA) is 102 Å². The number of nitrogens with zero attached hydrogens (tertiary/aromatic N) is 1. The van der Waals surface area contributed by atoms with Gasteiger partial charge in [-0.1, -0.05) is 23.9 Å². The molecule has 7 nitrogen and oxygen atoms in total. The number of aliphatic hydroxyl groups excluding tert-OH is 1. The molecule has 0 bridgehead atoms. The van der Waals surface area contributed by atoms with E-state index in [0.717, 1.165) is 11.8 Å². The summed E-state index contributed by atoms with van der Waals surface area (Å²) in [6.07, 6.45) is 0. The number of carbonyl (C=O) groups excluding carboxylic acids is 2. The maximum atomic E-state index is 11.7. The molecule has 1 heterocycles. The van der Waals surface area contributed by atoms with Gasteiger partial charge in [-0.05, 0) is 12.1 Å². The first-order chi connectivity index (χ1) is 10.1. The van der Waals surface area contributed by atoms with Gasteiger partial charge >= 0.3 is 5.97 Å². The van der Waals surface area contributed by atoms with Gasteiger partial charge in [0.2, 0.25) is 5.91 Å². The van der Waals surface area contributed by atoms with Crippen molar-refractivity contribution in [1.29, 1.82) is 0 Å². The second kappa shape index (κ2) is 7.09. The van der Waals surface area contributed by atoms with E-state index in [1.807, 2.05) is 18.2 Å². The van der Waals surface area contributed by atoms with Crippen LogP contribution in [0.15, 0.2) is 33.9 Å². The Kier molecular flexibility index (Phi) is 5.18. The number of amides is 1. The fourth-order valence-corrected chi connectivity index (χ4v) is 2.25. The molecule has 0 fully saturated rings. The summed E-state index contributed by atoms with van der Waals surface area (Å²) in [5, 5.41) is 11.7. The van der Waals surface area contributed by atoms with Gasteiger partial charge in [-0.15, -0.1) is 0 Å². The largest absolute Gasteiger partial charge is 0.467 e. The Balaban J connectivity index is 1.90. The number of aliphatic hydroxyl groups is 1. The Hall–Kier alpha value is -2.06. The van der Waals surface area contributed by atoms with Gasteiger partial charge in [-0.3, -0.25) is 4.79 Å². The first-order valence-electron chi connectivity index (χ1n) is 6.10. The lowest BCUT2D eigenvalue weighted by molar-refractivity contribution is -0.145. The molecule has 0 aliphatic carbocycles. The summed E-state index contributed by atoms with van der Waals surface area (Å²) in [5.41, 5.74) is 1.35. The SMILES string of the molecule is COC(=O)[C@@H](CO)NC(=O)CSc1nc2ccccc2o1. The van der Waals surface area contributed by atoms with E-state index < -0.39 is 24.5 Å². The summed E-state index contributed by atoms with van der Waals surface area (Å²) >= 11 is 1.10. The number of hydrogen-bond donors (Lipinski definition) is 2. The van der Waals surface area contributed by atoms with Crippen LogP contribution in [0.1, 0.15) is 0 Å². The average Bonchev–Trinajstić information content (AvgIpc) is 2.92. The van der Waals surface area contributed by atoms with E-state index in [-0.39, 0.29) is 5.75 Å². The third kappa shape index (κ3) is 3.96. The number of thioether (sulfide) groups is 1. The zero-order chi connectivity index (χ0) is 15.2. The lowest BCUT2D eigenvalue weighted by atomic mass is 10.3. The van der Waals surface area contributed by atoms with Gasteiger partial charge in [0.1, 0.15) is 5.52 Å². The van der Waals surface area contributed by atoms with Crippen molar-refractivity contribution in [1.82, 2.24) is 10.3 Å². The van der Waals surface area contributed by atoms with Gasteiger partial charge in [0.25, 0.3) is 5.22 Å². The lowest BCUT2D eigenvalue weighted by Gasteiger charge is -2.12. The smallest absolute Gasteiger partial charge is 0.330 e. The number of para-hydroxylation sites is 2. The molecule has 8 heteroatoms. The number of esters is 1. The van der Waals surface area contributed by atoms with E-state index in [1.165, 1.54) is 7.11 Å². The molecule has 2 N–H and O–H groups in total. The Morgan fingerprint density at radius 3 is 2.90 bits per heavy atom. The highest BCUT2D eigenvalue weighted by molar-refractivity contribution is 7.99. The molecule has 0 spiro atoms. The van der Waals surface area contributed by atoms with E-state index in [4.69, 9.17) is 9.52 Å². The number of aromatic nitrogens is 1. The van der Waals surface area contributed by atoms with E-state index in [0.29, 0.717) is 16.3 Å². The number of fused-ring (bicyclic) bond motifs is 1. The summed E-state index contributed by atoms with van der Waals surface area (Å²) < 4.78 is 9.90. The van der Waals surface area contributed by atoms with Crippen LogP contribution in [0.3, 0.4) is 0 Å². The molecule has 21 heavy (non-hydrogen) atoms. The molecule has 0 radical (unpaired) electrons. The van der Waals surface area contributed by atoms with E-state index >= 15 is 0 Å². The zero-order valence-corrected chi connectivity index (χ0v) is 12.1. The van der Waals surface area contributed by atoms with Crippen LogP contribution >= 0.6 is 11.8 Å². The molecular formula is C13H14N2O5S. The molecule has 2 rings (SSSR count). The number of benzene rings is 1. The highest BCUT2D eigenvalue weighted by Crippen LogP contribution is 2.22. The quantitative estimate of drug-likeness (QED) is 0.594. The number of methoxy groups -OCH3 is 1. The van der Waals surface area contributed by atoms with Gasteiger partial charge in [0, 0.05) is 0 Å². The summed E-state index contributed by atoms with van der Waals surface area (Å²) in [4.78, 5) is 27.1. The second-order valence-corrected chi connectivity index (χ2v) is 4.99. The monoisotopic (exact) mass is 310 g/mol. The Morgan fingerprint density at radius 2 is 2.24 bits per heavy atom. The van der Waals surface area contributed by atoms with Crippen molar-refractivity contribution in [3.63, 3.8) is 0 Å². The van der Waals surface area contributed by atoms with Crippen LogP contribution in [-0.4, -0.2) is 47.5 Å². The highest BCUT2D eigenvalue weighted by Gasteiger charge is 2.20. The molecular weight excluding hydrogens is 296 g/mol. The van der Waals surface area contributed by atoms with Crippen LogP contribution in [-0.2, 0) is 14.3 Å². The van der Waals surface area contributed by atoms with Gasteiger partial charge in [0.05, 0.1) is 19.5 Å². The second-order valence-electron chi connectivity index (χ2n) is 4.06. The van der Waals surface area contributed by atoms with Crippen molar-refractivity contribution in [2.75, 3.05) is 19.5 Å². The molecule has 0 aliphatic heterocycles. The van der Waals surface area contributed by atoms with Crippen LogP contribution in [0, 0.1) is 0 Å². The summed E-state index contributed by atoms with van der Waals surface area (Å²) in [6.45, 7) is -0.522. The van der Waals surface area contributed by atoms with Crippen molar-refractivity contribution in [3.05, 3.63) is 24.3 Å². The molecule has 0 saturated carbocycles. The van der Waals surface area contributed by atoms with Crippen molar-refractivity contribution in [2.45, 2.75) is 11.3 Å². The Morgan fingerprint density at radius 1 is 1.48 bits per heavy atom. The Labute approximate surface area is 124 Å². The number of oxazole rings is 1. The van der Waals surface area contributed by atoms with E-state index in [9.17, 15) is 9.59 Å². The minimum atomic E-state index is -1.06. The molecule has 112 valence electrons. The molecule has 0 saturated heterocycles. The first-order valence-corrected chi connectivity index (χ1v) is 7.09. The fourth-order valence-electron chi connectivity index (χ4n) is 1.60. The molecule has 1 aromatic carbocycles. The van der Waals surface area contributed by atoms with Crippen LogP contribution in [0.5, 0.6) is 0 Å². The van der Waals surface area contributed by atoms with Crippen LogP contribution in [0.25, 0.3) is 11.1 Å². The highest BCUT2D eigenvalue weighted by atomic mass is 32.2. The van der Waals surface area contributed by atoms with Crippen molar-refractivity contribution >= 4 is 34.7 Å². The number of ether oxygens (including phenoxy) is 1. The fraction of sp³-hybridized carbons (Fsp3) is 0.308. The average molecular weight is 310 g/mol. The third-order valence-electron chi connectivity index (χ3n) is 2.60. The number of nitrogens with one attached hydrogen (secondary N) is 1.